The first kappa shape index (κ1) is 21.3. The first-order chi connectivity index (χ1) is 15.1. The largest absolute Gasteiger partial charge is 0.497 e. The number of ether oxygens (including phenoxy) is 1. The van der Waals surface area contributed by atoms with Crippen LogP contribution in [0.25, 0.3) is 11.3 Å². The number of anilines is 2. The highest BCUT2D eigenvalue weighted by molar-refractivity contribution is 7.14. The predicted molar refractivity (Wildman–Crippen MR) is 127 cm³/mol. The van der Waals surface area contributed by atoms with Crippen LogP contribution in [0.1, 0.15) is 12.0 Å². The minimum Gasteiger partial charge on any atom is -0.497 e. The van der Waals surface area contributed by atoms with Crippen molar-refractivity contribution >= 4 is 28.1 Å². The van der Waals surface area contributed by atoms with Crippen LogP contribution in [0.2, 0.25) is 0 Å². The fraction of sp³-hybridized carbons (Fsp3) is 0.333. The summed E-state index contributed by atoms with van der Waals surface area (Å²) in [5.41, 5.74) is 4.42. The van der Waals surface area contributed by atoms with E-state index in [1.54, 1.807) is 7.11 Å². The first-order valence-electron chi connectivity index (χ1n) is 10.5. The average molecular weight is 437 g/mol. The molecule has 1 aromatic heterocycles. The Hall–Kier alpha value is -2.90. The summed E-state index contributed by atoms with van der Waals surface area (Å²) in [4.78, 5) is 21.7. The van der Waals surface area contributed by atoms with Crippen molar-refractivity contribution in [1.82, 2.24) is 9.88 Å². The Morgan fingerprint density at radius 1 is 1.06 bits per heavy atom. The van der Waals surface area contributed by atoms with Crippen LogP contribution in [-0.4, -0.2) is 55.6 Å². The Kier molecular flexibility index (Phi) is 6.84. The van der Waals surface area contributed by atoms with E-state index in [1.165, 1.54) is 22.6 Å². The second-order valence-corrected chi connectivity index (χ2v) is 8.59. The number of benzene rings is 2. The molecule has 0 saturated carbocycles. The van der Waals surface area contributed by atoms with Crippen LogP contribution in [0, 0.1) is 6.92 Å². The molecule has 7 heteroatoms. The molecule has 0 atom stereocenters. The van der Waals surface area contributed by atoms with Crippen molar-refractivity contribution < 1.29 is 9.53 Å². The smallest absolute Gasteiger partial charge is 0.227 e. The van der Waals surface area contributed by atoms with Gasteiger partial charge in [-0.25, -0.2) is 4.98 Å². The number of aromatic nitrogens is 1. The number of methoxy groups -OCH3 is 1. The number of piperazine rings is 1. The van der Waals surface area contributed by atoms with Gasteiger partial charge in [0.1, 0.15) is 5.75 Å². The monoisotopic (exact) mass is 436 g/mol. The van der Waals surface area contributed by atoms with Crippen molar-refractivity contribution in [2.45, 2.75) is 13.3 Å². The van der Waals surface area contributed by atoms with Crippen LogP contribution < -0.4 is 15.0 Å². The SMILES string of the molecule is COc1ccc(-c2csc(NC(=O)CCN3CCN(c4ccc(C)cc4)CC3)n2)cc1. The molecule has 1 aliphatic rings. The third-order valence-corrected chi connectivity index (χ3v) is 6.32. The van der Waals surface area contributed by atoms with E-state index in [1.807, 2.05) is 29.6 Å². The summed E-state index contributed by atoms with van der Waals surface area (Å²) >= 11 is 1.45. The van der Waals surface area contributed by atoms with Crippen LogP contribution >= 0.6 is 11.3 Å². The van der Waals surface area contributed by atoms with Gasteiger partial charge in [0.05, 0.1) is 12.8 Å². The maximum atomic E-state index is 12.4. The van der Waals surface area contributed by atoms with E-state index in [0.717, 1.165) is 49.7 Å². The highest BCUT2D eigenvalue weighted by Crippen LogP contribution is 2.26. The summed E-state index contributed by atoms with van der Waals surface area (Å²) in [5.74, 6) is 0.823. The summed E-state index contributed by atoms with van der Waals surface area (Å²) < 4.78 is 5.19. The molecule has 162 valence electrons. The topological polar surface area (TPSA) is 57.7 Å². The number of nitrogens with zero attached hydrogens (tertiary/aromatic N) is 3. The number of amides is 1. The Bertz CT molecular complexity index is 993. The quantitative estimate of drug-likeness (QED) is 0.599. The fourth-order valence-corrected chi connectivity index (χ4v) is 4.39. The second-order valence-electron chi connectivity index (χ2n) is 7.73. The van der Waals surface area contributed by atoms with Gasteiger partial charge in [-0.15, -0.1) is 11.3 Å². The lowest BCUT2D eigenvalue weighted by molar-refractivity contribution is -0.116. The molecule has 0 bridgehead atoms. The van der Waals surface area contributed by atoms with E-state index in [-0.39, 0.29) is 5.91 Å². The van der Waals surface area contributed by atoms with Crippen molar-refractivity contribution in [2.24, 2.45) is 0 Å². The molecule has 1 aliphatic heterocycles. The molecule has 2 heterocycles. The van der Waals surface area contributed by atoms with E-state index in [2.05, 4.69) is 51.3 Å². The van der Waals surface area contributed by atoms with Gasteiger partial charge in [0, 0.05) is 55.8 Å². The number of hydrogen-bond acceptors (Lipinski definition) is 6. The first-order valence-corrected chi connectivity index (χ1v) is 11.4. The zero-order chi connectivity index (χ0) is 21.6. The molecule has 1 amide bonds. The van der Waals surface area contributed by atoms with Gasteiger partial charge in [0.2, 0.25) is 5.91 Å². The normalized spacial score (nSPS) is 14.5. The van der Waals surface area contributed by atoms with Crippen LogP contribution in [-0.2, 0) is 4.79 Å². The molecule has 0 unspecified atom stereocenters. The van der Waals surface area contributed by atoms with Gasteiger partial charge in [-0.2, -0.15) is 0 Å². The van der Waals surface area contributed by atoms with Crippen molar-refractivity contribution in [1.29, 1.82) is 0 Å². The molecule has 31 heavy (non-hydrogen) atoms. The molecule has 1 saturated heterocycles. The molecule has 0 aliphatic carbocycles. The summed E-state index contributed by atoms with van der Waals surface area (Å²) in [6.07, 6.45) is 0.474. The van der Waals surface area contributed by atoms with Gasteiger partial charge in [0.15, 0.2) is 5.13 Å². The third-order valence-electron chi connectivity index (χ3n) is 5.56. The Morgan fingerprint density at radius 2 is 1.77 bits per heavy atom. The van der Waals surface area contributed by atoms with E-state index >= 15 is 0 Å². The average Bonchev–Trinajstić information content (AvgIpc) is 3.27. The standard InChI is InChI=1S/C24H28N4O2S/c1-18-3-7-20(8-4-18)28-15-13-27(14-16-28)12-11-23(29)26-24-25-22(17-31-24)19-5-9-21(30-2)10-6-19/h3-10,17H,11-16H2,1-2H3,(H,25,26,29). The van der Waals surface area contributed by atoms with Crippen LogP contribution in [0.5, 0.6) is 5.75 Å². The zero-order valence-corrected chi connectivity index (χ0v) is 18.8. The molecule has 4 rings (SSSR count). The predicted octanol–water partition coefficient (Wildman–Crippen LogP) is 4.28. The van der Waals surface area contributed by atoms with Crippen LogP contribution in [0.3, 0.4) is 0 Å². The lowest BCUT2D eigenvalue weighted by atomic mass is 10.2. The molecule has 0 radical (unpaired) electrons. The van der Waals surface area contributed by atoms with Crippen LogP contribution in [0.15, 0.2) is 53.9 Å². The number of thiazole rings is 1. The fourth-order valence-electron chi connectivity index (χ4n) is 3.65. The zero-order valence-electron chi connectivity index (χ0n) is 18.0. The van der Waals surface area contributed by atoms with Gasteiger partial charge in [0.25, 0.3) is 0 Å². The maximum absolute atomic E-state index is 12.4. The van der Waals surface area contributed by atoms with Crippen molar-refractivity contribution in [3.05, 3.63) is 59.5 Å². The molecule has 1 N–H and O–H groups in total. The number of hydrogen-bond donors (Lipinski definition) is 1. The molecular formula is C24H28N4O2S. The summed E-state index contributed by atoms with van der Waals surface area (Å²) in [6.45, 7) is 6.80. The van der Waals surface area contributed by atoms with Gasteiger partial charge >= 0.3 is 0 Å². The van der Waals surface area contributed by atoms with Gasteiger partial charge < -0.3 is 15.0 Å². The van der Waals surface area contributed by atoms with Crippen molar-refractivity contribution in [3.8, 4) is 17.0 Å². The summed E-state index contributed by atoms with van der Waals surface area (Å²) in [5, 5.41) is 5.54. The van der Waals surface area contributed by atoms with Crippen molar-refractivity contribution in [2.75, 3.05) is 50.1 Å². The molecule has 1 fully saturated rings. The van der Waals surface area contributed by atoms with Crippen molar-refractivity contribution in [3.63, 3.8) is 0 Å². The number of aryl methyl sites for hydroxylation is 1. The van der Waals surface area contributed by atoms with E-state index < -0.39 is 0 Å². The Morgan fingerprint density at radius 3 is 2.45 bits per heavy atom. The number of carbonyl (C=O) groups is 1. The van der Waals surface area contributed by atoms with E-state index in [9.17, 15) is 4.79 Å². The number of carbonyl (C=O) groups excluding carboxylic acids is 1. The minimum atomic E-state index is 0.0107. The van der Waals surface area contributed by atoms with Crippen LogP contribution in [0.4, 0.5) is 10.8 Å². The number of nitrogens with one attached hydrogen (secondary N) is 1. The number of rotatable bonds is 7. The molecule has 6 nitrogen and oxygen atoms in total. The Balaban J connectivity index is 1.22. The second kappa shape index (κ2) is 9.94. The van der Waals surface area contributed by atoms with Gasteiger partial charge in [-0.3, -0.25) is 9.69 Å². The van der Waals surface area contributed by atoms with Gasteiger partial charge in [-0.05, 0) is 43.3 Å². The van der Waals surface area contributed by atoms with Gasteiger partial charge in [-0.1, -0.05) is 17.7 Å². The van der Waals surface area contributed by atoms with E-state index in [0.29, 0.717) is 11.6 Å². The third kappa shape index (κ3) is 5.62. The molecular weight excluding hydrogens is 408 g/mol. The highest BCUT2D eigenvalue weighted by Gasteiger charge is 2.18. The molecule has 2 aromatic carbocycles. The Labute approximate surface area is 187 Å². The maximum Gasteiger partial charge on any atom is 0.227 e. The lowest BCUT2D eigenvalue weighted by Crippen LogP contribution is -2.47. The molecule has 0 spiro atoms. The highest BCUT2D eigenvalue weighted by atomic mass is 32.1. The summed E-state index contributed by atoms with van der Waals surface area (Å²) in [6, 6.07) is 16.4. The minimum absolute atomic E-state index is 0.0107. The summed E-state index contributed by atoms with van der Waals surface area (Å²) in [7, 11) is 1.65. The lowest BCUT2D eigenvalue weighted by Gasteiger charge is -2.36. The van der Waals surface area contributed by atoms with E-state index in [4.69, 9.17) is 4.74 Å². The molecule has 3 aromatic rings.